The van der Waals surface area contributed by atoms with E-state index < -0.39 is 12.8 Å². The van der Waals surface area contributed by atoms with Gasteiger partial charge >= 0.3 is 6.18 Å². The Kier molecular flexibility index (Phi) is 3.04. The predicted octanol–water partition coefficient (Wildman–Crippen LogP) is 2.08. The molecule has 0 amide bonds. The monoisotopic (exact) mass is 216 g/mol. The van der Waals surface area contributed by atoms with Gasteiger partial charge in [-0.25, -0.2) is 0 Å². The lowest BCUT2D eigenvalue weighted by Crippen LogP contribution is -2.19. The van der Waals surface area contributed by atoms with Crippen LogP contribution in [0.15, 0.2) is 18.2 Å². The van der Waals surface area contributed by atoms with Gasteiger partial charge in [-0.05, 0) is 12.1 Å². The highest BCUT2D eigenvalue weighted by molar-refractivity contribution is 5.56. The molecule has 0 spiro atoms. The topological polar surface area (TPSA) is 59.0 Å². The molecule has 0 bridgehead atoms. The van der Waals surface area contributed by atoms with E-state index in [9.17, 15) is 13.2 Å². The van der Waals surface area contributed by atoms with E-state index in [1.165, 1.54) is 18.2 Å². The van der Waals surface area contributed by atoms with Gasteiger partial charge in [-0.15, -0.1) is 0 Å². The summed E-state index contributed by atoms with van der Waals surface area (Å²) in [4.78, 5) is 0. The van der Waals surface area contributed by atoms with Crippen molar-refractivity contribution in [3.8, 4) is 11.8 Å². The van der Waals surface area contributed by atoms with Crippen molar-refractivity contribution in [2.45, 2.75) is 6.18 Å². The summed E-state index contributed by atoms with van der Waals surface area (Å²) in [6.45, 7) is -1.42. The molecule has 1 aromatic carbocycles. The summed E-state index contributed by atoms with van der Waals surface area (Å²) in [5.74, 6) is -0.133. The Morgan fingerprint density at radius 2 is 2.07 bits per heavy atom. The molecule has 0 aliphatic rings. The van der Waals surface area contributed by atoms with Crippen LogP contribution < -0.4 is 10.5 Å². The third-order valence-electron chi connectivity index (χ3n) is 1.53. The number of benzene rings is 1. The lowest BCUT2D eigenvalue weighted by atomic mass is 10.2. The zero-order chi connectivity index (χ0) is 11.5. The van der Waals surface area contributed by atoms with E-state index in [1.807, 2.05) is 0 Å². The quantitative estimate of drug-likeness (QED) is 0.770. The number of ether oxygens (including phenoxy) is 1. The first-order chi connectivity index (χ1) is 6.92. The fourth-order valence-corrected chi connectivity index (χ4v) is 0.888. The van der Waals surface area contributed by atoms with E-state index >= 15 is 0 Å². The second-order valence-corrected chi connectivity index (χ2v) is 2.77. The van der Waals surface area contributed by atoms with Gasteiger partial charge in [0.25, 0.3) is 0 Å². The Labute approximate surface area is 83.9 Å². The summed E-state index contributed by atoms with van der Waals surface area (Å²) in [6, 6.07) is 5.66. The number of halogens is 3. The minimum Gasteiger partial charge on any atom is -0.482 e. The molecule has 0 heterocycles. The molecule has 1 aromatic rings. The van der Waals surface area contributed by atoms with E-state index in [0.29, 0.717) is 0 Å². The molecule has 0 aliphatic heterocycles. The van der Waals surface area contributed by atoms with Gasteiger partial charge in [0, 0.05) is 6.07 Å². The largest absolute Gasteiger partial charge is 0.482 e. The maximum atomic E-state index is 11.8. The number of nitrogen functional groups attached to an aromatic ring is 1. The second kappa shape index (κ2) is 4.09. The second-order valence-electron chi connectivity index (χ2n) is 2.77. The van der Waals surface area contributed by atoms with E-state index in [4.69, 9.17) is 11.0 Å². The molecular weight excluding hydrogens is 209 g/mol. The zero-order valence-corrected chi connectivity index (χ0v) is 7.51. The van der Waals surface area contributed by atoms with Gasteiger partial charge in [0.05, 0.1) is 17.3 Å². The third-order valence-corrected chi connectivity index (χ3v) is 1.53. The van der Waals surface area contributed by atoms with Crippen molar-refractivity contribution in [2.24, 2.45) is 0 Å². The molecule has 3 nitrogen and oxygen atoms in total. The first-order valence-electron chi connectivity index (χ1n) is 3.91. The first-order valence-corrected chi connectivity index (χ1v) is 3.91. The average Bonchev–Trinajstić information content (AvgIpc) is 2.15. The fraction of sp³-hybridized carbons (Fsp3) is 0.222. The Balaban J connectivity index is 2.81. The fourth-order valence-electron chi connectivity index (χ4n) is 0.888. The number of rotatable bonds is 2. The molecule has 0 aliphatic carbocycles. The van der Waals surface area contributed by atoms with Crippen molar-refractivity contribution >= 4 is 5.69 Å². The lowest BCUT2D eigenvalue weighted by Gasteiger charge is -2.10. The normalized spacial score (nSPS) is 10.8. The minimum absolute atomic E-state index is 0.0678. The molecule has 0 saturated heterocycles. The summed E-state index contributed by atoms with van der Waals surface area (Å²) < 4.78 is 39.9. The van der Waals surface area contributed by atoms with E-state index in [1.54, 1.807) is 6.07 Å². The Morgan fingerprint density at radius 3 is 2.60 bits per heavy atom. The Bertz CT molecular complexity index is 395. The van der Waals surface area contributed by atoms with E-state index in [0.717, 1.165) is 0 Å². The van der Waals surface area contributed by atoms with Gasteiger partial charge in [0.1, 0.15) is 5.75 Å². The molecule has 2 N–H and O–H groups in total. The standard InChI is InChI=1S/C9H7F3N2O/c10-9(11,12)5-15-8-3-6(4-13)1-2-7(8)14/h1-3H,5,14H2. The van der Waals surface area contributed by atoms with Crippen molar-refractivity contribution < 1.29 is 17.9 Å². The van der Waals surface area contributed by atoms with Crippen molar-refractivity contribution in [1.29, 1.82) is 5.26 Å². The van der Waals surface area contributed by atoms with Crippen molar-refractivity contribution in [3.05, 3.63) is 23.8 Å². The van der Waals surface area contributed by atoms with Crippen LogP contribution in [0.3, 0.4) is 0 Å². The molecule has 0 aromatic heterocycles. The van der Waals surface area contributed by atoms with Crippen LogP contribution in [-0.2, 0) is 0 Å². The van der Waals surface area contributed by atoms with Crippen molar-refractivity contribution in [3.63, 3.8) is 0 Å². The summed E-state index contributed by atoms with van der Waals surface area (Å²) in [5.41, 5.74) is 5.64. The maximum absolute atomic E-state index is 11.8. The predicted molar refractivity (Wildman–Crippen MR) is 47.1 cm³/mol. The van der Waals surface area contributed by atoms with Crippen LogP contribution in [0.25, 0.3) is 0 Å². The maximum Gasteiger partial charge on any atom is 0.422 e. The number of alkyl halides is 3. The van der Waals surface area contributed by atoms with E-state index in [-0.39, 0.29) is 17.0 Å². The summed E-state index contributed by atoms with van der Waals surface area (Å²) in [7, 11) is 0. The molecule has 0 fully saturated rings. The molecule has 80 valence electrons. The van der Waals surface area contributed by atoms with Crippen LogP contribution in [0.4, 0.5) is 18.9 Å². The number of nitriles is 1. The lowest BCUT2D eigenvalue weighted by molar-refractivity contribution is -0.153. The van der Waals surface area contributed by atoms with Gasteiger partial charge in [0.2, 0.25) is 0 Å². The average molecular weight is 216 g/mol. The minimum atomic E-state index is -4.42. The first kappa shape index (κ1) is 11.2. The van der Waals surface area contributed by atoms with Crippen LogP contribution in [0.1, 0.15) is 5.56 Å². The molecule has 1 rings (SSSR count). The third kappa shape index (κ3) is 3.38. The van der Waals surface area contributed by atoms with Gasteiger partial charge in [0.15, 0.2) is 6.61 Å². The van der Waals surface area contributed by atoms with Crippen LogP contribution >= 0.6 is 0 Å². The Morgan fingerprint density at radius 1 is 1.40 bits per heavy atom. The highest BCUT2D eigenvalue weighted by Crippen LogP contribution is 2.25. The summed E-state index contributed by atoms with van der Waals surface area (Å²) >= 11 is 0. The summed E-state index contributed by atoms with van der Waals surface area (Å²) in [6.07, 6.45) is -4.42. The zero-order valence-electron chi connectivity index (χ0n) is 7.51. The Hall–Kier alpha value is -1.90. The SMILES string of the molecule is N#Cc1ccc(N)c(OCC(F)(F)F)c1. The van der Waals surface area contributed by atoms with Gasteiger partial charge in [-0.1, -0.05) is 0 Å². The molecule has 15 heavy (non-hydrogen) atoms. The smallest absolute Gasteiger partial charge is 0.422 e. The van der Waals surface area contributed by atoms with Crippen molar-refractivity contribution in [2.75, 3.05) is 12.3 Å². The highest BCUT2D eigenvalue weighted by atomic mass is 19.4. The molecule has 0 unspecified atom stereocenters. The number of hydrogen-bond acceptors (Lipinski definition) is 3. The van der Waals surface area contributed by atoms with Crippen LogP contribution in [0, 0.1) is 11.3 Å². The summed E-state index contributed by atoms with van der Waals surface area (Å²) in [5, 5.41) is 8.51. The van der Waals surface area contributed by atoms with E-state index in [2.05, 4.69) is 4.74 Å². The van der Waals surface area contributed by atoms with Crippen LogP contribution in [0.5, 0.6) is 5.75 Å². The van der Waals surface area contributed by atoms with Gasteiger partial charge in [-0.3, -0.25) is 0 Å². The van der Waals surface area contributed by atoms with Crippen LogP contribution in [-0.4, -0.2) is 12.8 Å². The van der Waals surface area contributed by atoms with Crippen LogP contribution in [0.2, 0.25) is 0 Å². The molecule has 0 saturated carbocycles. The number of nitrogens with two attached hydrogens (primary N) is 1. The number of hydrogen-bond donors (Lipinski definition) is 1. The van der Waals surface area contributed by atoms with Gasteiger partial charge < -0.3 is 10.5 Å². The number of anilines is 1. The van der Waals surface area contributed by atoms with Gasteiger partial charge in [-0.2, -0.15) is 18.4 Å². The molecular formula is C9H7F3N2O. The van der Waals surface area contributed by atoms with Crippen molar-refractivity contribution in [1.82, 2.24) is 0 Å². The molecule has 6 heteroatoms. The molecule has 0 radical (unpaired) electrons. The molecule has 0 atom stereocenters. The number of nitrogens with zero attached hydrogens (tertiary/aromatic N) is 1. The highest BCUT2D eigenvalue weighted by Gasteiger charge is 2.28.